The fraction of sp³-hybridized carbons (Fsp3) is 0.650. The van der Waals surface area contributed by atoms with Crippen molar-refractivity contribution in [3.63, 3.8) is 0 Å². The van der Waals surface area contributed by atoms with Crippen molar-refractivity contribution in [1.29, 1.82) is 0 Å². The lowest BCUT2D eigenvalue weighted by Crippen LogP contribution is -2.39. The van der Waals surface area contributed by atoms with E-state index in [9.17, 15) is 0 Å². The Morgan fingerprint density at radius 3 is 2.75 bits per heavy atom. The Morgan fingerprint density at radius 1 is 1.21 bits per heavy atom. The molecule has 2 aromatic rings. The summed E-state index contributed by atoms with van der Waals surface area (Å²) in [5.74, 6) is 2.36. The van der Waals surface area contributed by atoms with Crippen LogP contribution >= 0.6 is 24.0 Å². The number of aromatic nitrogens is 3. The number of fused-ring (bicyclic) bond motifs is 1. The predicted molar refractivity (Wildman–Crippen MR) is 126 cm³/mol. The maximum atomic E-state index is 5.80. The summed E-state index contributed by atoms with van der Waals surface area (Å²) in [7, 11) is 0. The van der Waals surface area contributed by atoms with Gasteiger partial charge in [-0.15, -0.1) is 34.2 Å². The molecule has 0 amide bonds. The molecule has 1 atom stereocenters. The van der Waals surface area contributed by atoms with Crippen molar-refractivity contribution >= 4 is 35.6 Å². The highest BCUT2D eigenvalue weighted by Gasteiger charge is 2.13. The van der Waals surface area contributed by atoms with Gasteiger partial charge in [0, 0.05) is 38.9 Å². The lowest BCUT2D eigenvalue weighted by molar-refractivity contribution is 0.0258. The molecule has 1 unspecified atom stereocenters. The fourth-order valence-corrected chi connectivity index (χ4v) is 2.99. The summed E-state index contributed by atoms with van der Waals surface area (Å²) in [6.07, 6.45) is 5.05. The van der Waals surface area contributed by atoms with Crippen molar-refractivity contribution in [2.75, 3.05) is 26.2 Å². The SMILES string of the molecule is CCNC(=NCCCc1nnc2ccccn12)NCCC(OCC)C(C)C.I. The van der Waals surface area contributed by atoms with Crippen LogP contribution in [0.4, 0.5) is 0 Å². The average molecular weight is 502 g/mol. The van der Waals surface area contributed by atoms with Gasteiger partial charge in [-0.1, -0.05) is 19.9 Å². The molecule has 8 heteroatoms. The van der Waals surface area contributed by atoms with Gasteiger partial charge in [0.1, 0.15) is 5.82 Å². The summed E-state index contributed by atoms with van der Waals surface area (Å²) in [6, 6.07) is 5.94. The Balaban J connectivity index is 0.00000392. The van der Waals surface area contributed by atoms with Crippen LogP contribution in [0.25, 0.3) is 5.65 Å². The minimum absolute atomic E-state index is 0. The van der Waals surface area contributed by atoms with E-state index in [1.165, 1.54) is 0 Å². The Hall–Kier alpha value is -1.42. The molecule has 0 bridgehead atoms. The third kappa shape index (κ3) is 7.90. The zero-order valence-electron chi connectivity index (χ0n) is 17.5. The van der Waals surface area contributed by atoms with E-state index >= 15 is 0 Å². The number of aliphatic imine (C=N–C) groups is 1. The van der Waals surface area contributed by atoms with Crippen LogP contribution < -0.4 is 10.6 Å². The number of hydrogen-bond acceptors (Lipinski definition) is 4. The van der Waals surface area contributed by atoms with Crippen molar-refractivity contribution in [3.8, 4) is 0 Å². The van der Waals surface area contributed by atoms with Gasteiger partial charge in [-0.25, -0.2) is 0 Å². The molecule has 7 nitrogen and oxygen atoms in total. The van der Waals surface area contributed by atoms with Gasteiger partial charge >= 0.3 is 0 Å². The molecule has 158 valence electrons. The largest absolute Gasteiger partial charge is 0.378 e. The Kier molecular flexibility index (Phi) is 12.1. The smallest absolute Gasteiger partial charge is 0.191 e. The second kappa shape index (κ2) is 13.7. The first-order chi connectivity index (χ1) is 13.2. The lowest BCUT2D eigenvalue weighted by Gasteiger charge is -2.21. The molecule has 0 saturated heterocycles. The number of aryl methyl sites for hydroxylation is 1. The summed E-state index contributed by atoms with van der Waals surface area (Å²) in [4.78, 5) is 4.68. The topological polar surface area (TPSA) is 75.8 Å². The van der Waals surface area contributed by atoms with Gasteiger partial charge in [-0.05, 0) is 44.7 Å². The first-order valence-corrected chi connectivity index (χ1v) is 10.1. The highest BCUT2D eigenvalue weighted by atomic mass is 127. The van der Waals surface area contributed by atoms with E-state index in [1.807, 2.05) is 35.7 Å². The predicted octanol–water partition coefficient (Wildman–Crippen LogP) is 3.29. The van der Waals surface area contributed by atoms with E-state index in [2.05, 4.69) is 46.6 Å². The van der Waals surface area contributed by atoms with E-state index in [0.717, 1.165) is 62.9 Å². The van der Waals surface area contributed by atoms with Crippen LogP contribution in [0.3, 0.4) is 0 Å². The standard InChI is InChI=1S/C20H34N6O.HI/c1-5-21-20(23-14-12-17(16(3)4)27-6-2)22-13-9-11-19-25-24-18-10-7-8-15-26(18)19;/h7-8,10,15-17H,5-6,9,11-14H2,1-4H3,(H2,21,22,23);1H. The molecule has 0 fully saturated rings. The molecule has 2 N–H and O–H groups in total. The molecular weight excluding hydrogens is 467 g/mol. The normalized spacial score (nSPS) is 12.8. The maximum Gasteiger partial charge on any atom is 0.191 e. The summed E-state index contributed by atoms with van der Waals surface area (Å²) in [5, 5.41) is 15.2. The average Bonchev–Trinajstić information content (AvgIpc) is 3.07. The quantitative estimate of drug-likeness (QED) is 0.214. The zero-order valence-corrected chi connectivity index (χ0v) is 19.8. The fourth-order valence-electron chi connectivity index (χ4n) is 2.99. The summed E-state index contributed by atoms with van der Waals surface area (Å²) >= 11 is 0. The monoisotopic (exact) mass is 502 g/mol. The van der Waals surface area contributed by atoms with Crippen LogP contribution in [0.15, 0.2) is 29.4 Å². The van der Waals surface area contributed by atoms with Gasteiger partial charge in [-0.2, -0.15) is 0 Å². The number of rotatable bonds is 11. The van der Waals surface area contributed by atoms with Gasteiger partial charge < -0.3 is 15.4 Å². The van der Waals surface area contributed by atoms with E-state index < -0.39 is 0 Å². The van der Waals surface area contributed by atoms with E-state index in [1.54, 1.807) is 0 Å². The van der Waals surface area contributed by atoms with Crippen molar-refractivity contribution < 1.29 is 4.74 Å². The minimum atomic E-state index is 0. The molecule has 0 aliphatic heterocycles. The molecule has 2 rings (SSSR count). The number of hydrogen-bond donors (Lipinski definition) is 2. The lowest BCUT2D eigenvalue weighted by atomic mass is 10.0. The molecule has 0 aliphatic carbocycles. The first-order valence-electron chi connectivity index (χ1n) is 10.1. The second-order valence-corrected chi connectivity index (χ2v) is 6.86. The molecule has 0 aromatic carbocycles. The van der Waals surface area contributed by atoms with Crippen LogP contribution in [0, 0.1) is 5.92 Å². The molecule has 0 saturated carbocycles. The van der Waals surface area contributed by atoms with Gasteiger partial charge in [0.15, 0.2) is 11.6 Å². The Labute approximate surface area is 185 Å². The van der Waals surface area contributed by atoms with E-state index in [-0.39, 0.29) is 30.1 Å². The number of halogens is 1. The highest BCUT2D eigenvalue weighted by molar-refractivity contribution is 14.0. The minimum Gasteiger partial charge on any atom is -0.378 e. The van der Waals surface area contributed by atoms with Crippen molar-refractivity contribution in [3.05, 3.63) is 30.2 Å². The van der Waals surface area contributed by atoms with Crippen molar-refractivity contribution in [2.24, 2.45) is 10.9 Å². The highest BCUT2D eigenvalue weighted by Crippen LogP contribution is 2.10. The number of pyridine rings is 1. The van der Waals surface area contributed by atoms with Crippen LogP contribution in [0.5, 0.6) is 0 Å². The van der Waals surface area contributed by atoms with Crippen LogP contribution in [-0.2, 0) is 11.2 Å². The number of ether oxygens (including phenoxy) is 1. The van der Waals surface area contributed by atoms with Crippen LogP contribution in [0.2, 0.25) is 0 Å². The first kappa shape index (κ1) is 24.6. The Bertz CT molecular complexity index is 703. The van der Waals surface area contributed by atoms with E-state index in [4.69, 9.17) is 4.74 Å². The van der Waals surface area contributed by atoms with Crippen LogP contribution in [0.1, 0.15) is 46.4 Å². The zero-order chi connectivity index (χ0) is 19.5. The second-order valence-electron chi connectivity index (χ2n) is 6.86. The summed E-state index contributed by atoms with van der Waals surface area (Å²) in [6.45, 7) is 11.7. The Morgan fingerprint density at radius 2 is 2.04 bits per heavy atom. The third-order valence-electron chi connectivity index (χ3n) is 4.40. The van der Waals surface area contributed by atoms with Gasteiger partial charge in [0.25, 0.3) is 0 Å². The number of guanidine groups is 1. The summed E-state index contributed by atoms with van der Waals surface area (Å²) in [5.41, 5.74) is 0.889. The van der Waals surface area contributed by atoms with Gasteiger partial charge in [0.05, 0.1) is 6.10 Å². The van der Waals surface area contributed by atoms with Crippen molar-refractivity contribution in [1.82, 2.24) is 25.2 Å². The number of nitrogens with zero attached hydrogens (tertiary/aromatic N) is 4. The van der Waals surface area contributed by atoms with Crippen LogP contribution in [-0.4, -0.2) is 52.9 Å². The summed E-state index contributed by atoms with van der Waals surface area (Å²) < 4.78 is 7.84. The van der Waals surface area contributed by atoms with Crippen molar-refractivity contribution in [2.45, 2.75) is 53.1 Å². The van der Waals surface area contributed by atoms with Gasteiger partial charge in [-0.3, -0.25) is 9.39 Å². The molecule has 0 radical (unpaired) electrons. The molecule has 28 heavy (non-hydrogen) atoms. The number of nitrogens with one attached hydrogen (secondary N) is 2. The van der Waals surface area contributed by atoms with Gasteiger partial charge in [0.2, 0.25) is 0 Å². The molecule has 0 aliphatic rings. The third-order valence-corrected chi connectivity index (χ3v) is 4.40. The molecule has 2 aromatic heterocycles. The molecular formula is C20H35IN6O. The maximum absolute atomic E-state index is 5.80. The molecule has 0 spiro atoms. The molecule has 2 heterocycles. The van der Waals surface area contributed by atoms with E-state index in [0.29, 0.717) is 5.92 Å².